The van der Waals surface area contributed by atoms with Crippen LogP contribution in [0.4, 0.5) is 5.69 Å². The lowest BCUT2D eigenvalue weighted by Crippen LogP contribution is -2.22. The number of aromatic nitrogens is 4. The van der Waals surface area contributed by atoms with Gasteiger partial charge in [-0.3, -0.25) is 9.62 Å². The number of anilines is 1. The number of aryl methyl sites for hydroxylation is 1. The fraction of sp³-hybridized carbons (Fsp3) is 0.297. The van der Waals surface area contributed by atoms with Crippen molar-refractivity contribution in [2.24, 2.45) is 0 Å². The van der Waals surface area contributed by atoms with Crippen LogP contribution < -0.4 is 9.46 Å². The van der Waals surface area contributed by atoms with Gasteiger partial charge in [-0.15, -0.1) is 0 Å². The number of nitrogens with zero attached hydrogens (tertiary/aromatic N) is 5. The van der Waals surface area contributed by atoms with Gasteiger partial charge in [0.25, 0.3) is 0 Å². The van der Waals surface area contributed by atoms with Crippen LogP contribution in [0.1, 0.15) is 46.0 Å². The van der Waals surface area contributed by atoms with Gasteiger partial charge in [-0.05, 0) is 90.9 Å². The topological polar surface area (TPSA) is 94.3 Å². The van der Waals surface area contributed by atoms with Gasteiger partial charge >= 0.3 is 0 Å². The molecule has 48 heavy (non-hydrogen) atoms. The zero-order valence-corrected chi connectivity index (χ0v) is 29.1. The highest BCUT2D eigenvalue weighted by atomic mass is 35.5. The van der Waals surface area contributed by atoms with Crippen molar-refractivity contribution >= 4 is 49.4 Å². The Morgan fingerprint density at radius 1 is 0.958 bits per heavy atom. The van der Waals surface area contributed by atoms with Gasteiger partial charge in [-0.1, -0.05) is 48.0 Å². The Morgan fingerprint density at radius 3 is 2.54 bits per heavy atom. The highest BCUT2D eigenvalue weighted by Crippen LogP contribution is 2.32. The number of halogens is 1. The average molecular weight is 683 g/mol. The van der Waals surface area contributed by atoms with Gasteiger partial charge in [0.15, 0.2) is 0 Å². The third-order valence-electron chi connectivity index (χ3n) is 9.42. The number of likely N-dealkylation sites (tertiary alicyclic amines) is 1. The lowest BCUT2D eigenvalue weighted by atomic mass is 9.96. The Bertz CT molecular complexity index is 2240. The van der Waals surface area contributed by atoms with Crippen LogP contribution in [0.5, 0.6) is 5.75 Å². The van der Waals surface area contributed by atoms with Crippen LogP contribution >= 0.6 is 11.6 Å². The minimum Gasteiger partial charge on any atom is -0.497 e. The molecule has 1 unspecified atom stereocenters. The second kappa shape index (κ2) is 12.9. The molecule has 1 N–H and O–H groups in total. The van der Waals surface area contributed by atoms with E-state index in [1.807, 2.05) is 38.1 Å². The normalized spacial score (nSPS) is 15.5. The smallest absolute Gasteiger partial charge is 0.229 e. The molecule has 3 heterocycles. The number of hydrogen-bond acceptors (Lipinski definition) is 6. The minimum absolute atomic E-state index is 0.411. The molecule has 1 fully saturated rings. The van der Waals surface area contributed by atoms with Gasteiger partial charge in [0.1, 0.15) is 17.1 Å². The van der Waals surface area contributed by atoms with Crippen molar-refractivity contribution < 1.29 is 13.2 Å². The van der Waals surface area contributed by atoms with E-state index in [0.717, 1.165) is 70.3 Å². The first kappa shape index (κ1) is 32.2. The third-order valence-corrected chi connectivity index (χ3v) is 10.3. The quantitative estimate of drug-likeness (QED) is 0.165. The summed E-state index contributed by atoms with van der Waals surface area (Å²) in [7, 11) is -1.76. The molecule has 0 amide bonds. The monoisotopic (exact) mass is 682 g/mol. The number of fused-ring (bicyclic) bond motifs is 2. The Kier molecular flexibility index (Phi) is 8.66. The molecule has 7 rings (SSSR count). The van der Waals surface area contributed by atoms with Gasteiger partial charge in [0.2, 0.25) is 10.0 Å². The maximum Gasteiger partial charge on any atom is 0.229 e. The summed E-state index contributed by atoms with van der Waals surface area (Å²) in [5.74, 6) is 2.24. The van der Waals surface area contributed by atoms with Crippen LogP contribution in [0.2, 0.25) is 5.02 Å². The van der Waals surface area contributed by atoms with Crippen LogP contribution in [-0.2, 0) is 29.7 Å². The number of nitrogens with one attached hydrogen (secondary N) is 1. The summed E-state index contributed by atoms with van der Waals surface area (Å²) in [5.41, 5.74) is 9.69. The van der Waals surface area contributed by atoms with Crippen molar-refractivity contribution in [1.82, 2.24) is 24.0 Å². The molecular weight excluding hydrogens is 644 g/mol. The van der Waals surface area contributed by atoms with Crippen LogP contribution in [0, 0.1) is 13.8 Å². The van der Waals surface area contributed by atoms with Crippen LogP contribution in [0.15, 0.2) is 79.1 Å². The number of benzene rings is 4. The van der Waals surface area contributed by atoms with E-state index in [1.165, 1.54) is 22.9 Å². The summed E-state index contributed by atoms with van der Waals surface area (Å²) in [4.78, 5) is 12.2. The molecule has 11 heteroatoms. The number of ether oxygens (including phenoxy) is 1. The summed E-state index contributed by atoms with van der Waals surface area (Å²) in [6.45, 7) is 7.96. The van der Waals surface area contributed by atoms with Crippen molar-refractivity contribution in [2.45, 2.75) is 45.8 Å². The van der Waals surface area contributed by atoms with Crippen molar-refractivity contribution in [2.75, 3.05) is 31.2 Å². The van der Waals surface area contributed by atoms with E-state index in [1.54, 1.807) is 13.4 Å². The highest BCUT2D eigenvalue weighted by molar-refractivity contribution is 7.92. The fourth-order valence-corrected chi connectivity index (χ4v) is 7.55. The van der Waals surface area contributed by atoms with Crippen LogP contribution in [-0.4, -0.2) is 58.9 Å². The Labute approximate surface area is 286 Å². The van der Waals surface area contributed by atoms with Gasteiger partial charge in [0, 0.05) is 30.7 Å². The molecule has 0 spiro atoms. The molecule has 0 bridgehead atoms. The maximum absolute atomic E-state index is 12.1. The van der Waals surface area contributed by atoms with Gasteiger partial charge in [-0.2, -0.15) is 0 Å². The van der Waals surface area contributed by atoms with Crippen molar-refractivity contribution in [3.05, 3.63) is 118 Å². The first-order valence-electron chi connectivity index (χ1n) is 16.1. The van der Waals surface area contributed by atoms with E-state index in [9.17, 15) is 8.42 Å². The third kappa shape index (κ3) is 6.65. The predicted octanol–water partition coefficient (Wildman–Crippen LogP) is 7.12. The summed E-state index contributed by atoms with van der Waals surface area (Å²) < 4.78 is 36.8. The van der Waals surface area contributed by atoms with Crippen LogP contribution in [0.3, 0.4) is 0 Å². The van der Waals surface area contributed by atoms with Crippen LogP contribution in [0.25, 0.3) is 22.1 Å². The number of sulfonamides is 1. The van der Waals surface area contributed by atoms with E-state index >= 15 is 0 Å². The fourth-order valence-electron chi connectivity index (χ4n) is 6.81. The second-order valence-electron chi connectivity index (χ2n) is 12.9. The van der Waals surface area contributed by atoms with Gasteiger partial charge in [-0.25, -0.2) is 18.4 Å². The molecule has 1 saturated heterocycles. The molecule has 1 aliphatic heterocycles. The number of hydrogen-bond donors (Lipinski definition) is 1. The molecule has 248 valence electrons. The summed E-state index contributed by atoms with van der Waals surface area (Å²) in [5, 5.41) is 0.728. The molecule has 9 nitrogen and oxygen atoms in total. The lowest BCUT2D eigenvalue weighted by molar-refractivity contribution is 0.314. The molecule has 4 aromatic carbocycles. The van der Waals surface area contributed by atoms with E-state index in [2.05, 4.69) is 72.3 Å². The molecule has 6 aromatic rings. The Hall–Kier alpha value is -4.38. The molecule has 0 radical (unpaired) electrons. The largest absolute Gasteiger partial charge is 0.497 e. The van der Waals surface area contributed by atoms with E-state index < -0.39 is 10.0 Å². The maximum atomic E-state index is 12.1. The predicted molar refractivity (Wildman–Crippen MR) is 193 cm³/mol. The van der Waals surface area contributed by atoms with Crippen molar-refractivity contribution in [1.29, 1.82) is 0 Å². The van der Waals surface area contributed by atoms with E-state index in [-0.39, 0.29) is 0 Å². The summed E-state index contributed by atoms with van der Waals surface area (Å²) in [6, 6.07) is 25.0. The zero-order chi connectivity index (χ0) is 33.6. The molecule has 1 aliphatic rings. The lowest BCUT2D eigenvalue weighted by Gasteiger charge is -2.18. The van der Waals surface area contributed by atoms with E-state index in [0.29, 0.717) is 30.2 Å². The number of imidazole rings is 2. The number of methoxy groups -OCH3 is 1. The number of rotatable bonds is 10. The first-order chi connectivity index (χ1) is 23.0. The SMILES string of the molecule is COc1ccc2c(c1)nc(CN1CCC(c3cccc(Cn4cnc5c(NS(C)(=O)=O)c(C)c(C)cc54)c3)C1)n2Cc1ccc(Cl)cc1. The Morgan fingerprint density at radius 2 is 1.77 bits per heavy atom. The zero-order valence-electron chi connectivity index (χ0n) is 27.6. The minimum atomic E-state index is -3.44. The van der Waals surface area contributed by atoms with E-state index in [4.69, 9.17) is 21.3 Å². The van der Waals surface area contributed by atoms with Crippen molar-refractivity contribution in [3.8, 4) is 5.75 Å². The second-order valence-corrected chi connectivity index (χ2v) is 15.1. The molecular formula is C37H39ClN6O3S. The average Bonchev–Trinajstić information content (AvgIpc) is 3.78. The standard InChI is InChI=1S/C37H39ClN6O3S/c1-24-16-34-37(36(25(24)2)41-48(4,45)46)39-23-43(34)19-27-6-5-7-28(17-27)29-14-15-42(21-29)22-35-40-32-18-31(47-3)12-13-33(32)44(35)20-26-8-10-30(38)11-9-26/h5-13,16-18,23,29,41H,14-15,19-22H2,1-4H3. The summed E-state index contributed by atoms with van der Waals surface area (Å²) in [6.07, 6.45) is 4.04. The van der Waals surface area contributed by atoms with Gasteiger partial charge in [0.05, 0.1) is 48.5 Å². The van der Waals surface area contributed by atoms with Crippen molar-refractivity contribution in [3.63, 3.8) is 0 Å². The highest BCUT2D eigenvalue weighted by Gasteiger charge is 2.26. The molecule has 2 aromatic heterocycles. The molecule has 1 atom stereocenters. The van der Waals surface area contributed by atoms with Gasteiger partial charge < -0.3 is 13.9 Å². The first-order valence-corrected chi connectivity index (χ1v) is 18.3. The summed E-state index contributed by atoms with van der Waals surface area (Å²) >= 11 is 6.17. The Balaban J connectivity index is 1.10. The molecule has 0 aliphatic carbocycles. The molecule has 0 saturated carbocycles.